The molecule has 6 nitrogen and oxygen atoms in total. The molecule has 6 heteroatoms. The van der Waals surface area contributed by atoms with Gasteiger partial charge in [-0.15, -0.1) is 0 Å². The summed E-state index contributed by atoms with van der Waals surface area (Å²) in [5.41, 5.74) is 0.888. The Morgan fingerprint density at radius 3 is 2.32 bits per heavy atom. The molecule has 19 heavy (non-hydrogen) atoms. The van der Waals surface area contributed by atoms with Crippen LogP contribution in [-0.2, 0) is 16.1 Å². The topological polar surface area (TPSA) is 99.4 Å². The second-order valence-electron chi connectivity index (χ2n) is 4.49. The van der Waals surface area contributed by atoms with Crippen LogP contribution < -0.4 is 0 Å². The lowest BCUT2D eigenvalue weighted by atomic mass is 9.99. The normalized spacial score (nSPS) is 35.3. The van der Waals surface area contributed by atoms with E-state index >= 15 is 0 Å². The Hall–Kier alpha value is -1.02. The highest BCUT2D eigenvalue weighted by atomic mass is 16.7. The van der Waals surface area contributed by atoms with Crippen molar-refractivity contribution in [1.82, 2.24) is 0 Å². The summed E-state index contributed by atoms with van der Waals surface area (Å²) in [6.07, 6.45) is -6.17. The summed E-state index contributed by atoms with van der Waals surface area (Å²) in [5.74, 6) is 0. The van der Waals surface area contributed by atoms with Gasteiger partial charge in [-0.3, -0.25) is 0 Å². The molecule has 1 heterocycles. The number of hydrogen-bond donors (Lipinski definition) is 4. The van der Waals surface area contributed by atoms with Gasteiger partial charge in [0, 0.05) is 0 Å². The molecule has 0 radical (unpaired) electrons. The molecule has 1 aliphatic heterocycles. The number of aliphatic hydroxyl groups is 4. The largest absolute Gasteiger partial charge is 0.394 e. The van der Waals surface area contributed by atoms with Gasteiger partial charge in [0.25, 0.3) is 0 Å². The standard InChI is InChI=1S/C13H18O6/c14-6-9-10(15)11(16)12(17)13(19-9)18-7-8-4-2-1-3-5-8/h1-5,9-17H,6-7H2/t9?,10-,11?,12?,13-/m1/s1. The number of benzene rings is 1. The molecule has 0 bridgehead atoms. The van der Waals surface area contributed by atoms with Crippen molar-refractivity contribution in [3.63, 3.8) is 0 Å². The van der Waals surface area contributed by atoms with Crippen molar-refractivity contribution in [2.24, 2.45) is 0 Å². The maximum Gasteiger partial charge on any atom is 0.187 e. The quantitative estimate of drug-likeness (QED) is 0.560. The Morgan fingerprint density at radius 1 is 1.00 bits per heavy atom. The van der Waals surface area contributed by atoms with Gasteiger partial charge in [0.15, 0.2) is 6.29 Å². The van der Waals surface area contributed by atoms with Crippen LogP contribution in [0.15, 0.2) is 30.3 Å². The SMILES string of the molecule is OCC1O[C@@H](OCc2ccccc2)C(O)C(O)[C@@H]1O. The summed E-state index contributed by atoms with van der Waals surface area (Å²) in [4.78, 5) is 0. The highest BCUT2D eigenvalue weighted by molar-refractivity contribution is 5.13. The van der Waals surface area contributed by atoms with E-state index in [1.165, 1.54) is 0 Å². The fourth-order valence-corrected chi connectivity index (χ4v) is 1.96. The summed E-state index contributed by atoms with van der Waals surface area (Å²) < 4.78 is 10.6. The lowest BCUT2D eigenvalue weighted by Gasteiger charge is -2.39. The first-order valence-corrected chi connectivity index (χ1v) is 6.09. The molecule has 3 unspecified atom stereocenters. The Labute approximate surface area is 110 Å². The molecule has 0 aliphatic carbocycles. The van der Waals surface area contributed by atoms with Crippen LogP contribution in [0.4, 0.5) is 0 Å². The molecule has 1 fully saturated rings. The van der Waals surface area contributed by atoms with Crippen LogP contribution in [0, 0.1) is 0 Å². The first-order valence-electron chi connectivity index (χ1n) is 6.09. The molecule has 4 N–H and O–H groups in total. The van der Waals surface area contributed by atoms with Gasteiger partial charge >= 0.3 is 0 Å². The van der Waals surface area contributed by atoms with Crippen LogP contribution in [0.1, 0.15) is 5.56 Å². The summed E-state index contributed by atoms with van der Waals surface area (Å²) >= 11 is 0. The number of aliphatic hydroxyl groups excluding tert-OH is 4. The third-order valence-corrected chi connectivity index (χ3v) is 3.11. The lowest BCUT2D eigenvalue weighted by Crippen LogP contribution is -2.59. The van der Waals surface area contributed by atoms with E-state index in [1.807, 2.05) is 30.3 Å². The van der Waals surface area contributed by atoms with Crippen LogP contribution in [-0.4, -0.2) is 57.7 Å². The predicted octanol–water partition coefficient (Wildman–Crippen LogP) is -0.997. The van der Waals surface area contributed by atoms with Gasteiger partial charge in [0.2, 0.25) is 0 Å². The molecule has 2 rings (SSSR count). The summed E-state index contributed by atoms with van der Waals surface area (Å²) in [5, 5.41) is 38.0. The van der Waals surface area contributed by atoms with Gasteiger partial charge in [-0.05, 0) is 5.56 Å². The Morgan fingerprint density at radius 2 is 1.68 bits per heavy atom. The van der Waals surface area contributed by atoms with E-state index in [2.05, 4.69) is 0 Å². The van der Waals surface area contributed by atoms with Crippen LogP contribution >= 0.6 is 0 Å². The average Bonchev–Trinajstić information content (AvgIpc) is 2.45. The van der Waals surface area contributed by atoms with E-state index < -0.39 is 37.3 Å². The smallest absolute Gasteiger partial charge is 0.187 e. The first kappa shape index (κ1) is 14.4. The van der Waals surface area contributed by atoms with E-state index in [4.69, 9.17) is 14.6 Å². The van der Waals surface area contributed by atoms with Gasteiger partial charge in [-0.2, -0.15) is 0 Å². The zero-order valence-electron chi connectivity index (χ0n) is 10.3. The van der Waals surface area contributed by atoms with Crippen LogP contribution in [0.3, 0.4) is 0 Å². The monoisotopic (exact) mass is 270 g/mol. The lowest BCUT2D eigenvalue weighted by molar-refractivity contribution is -0.304. The number of ether oxygens (including phenoxy) is 2. The fraction of sp³-hybridized carbons (Fsp3) is 0.538. The van der Waals surface area contributed by atoms with Crippen molar-refractivity contribution >= 4 is 0 Å². The Balaban J connectivity index is 1.95. The molecule has 0 amide bonds. The minimum atomic E-state index is -1.41. The summed E-state index contributed by atoms with van der Waals surface area (Å²) in [6, 6.07) is 9.28. The molecule has 1 saturated heterocycles. The second-order valence-corrected chi connectivity index (χ2v) is 4.49. The van der Waals surface area contributed by atoms with Crippen molar-refractivity contribution < 1.29 is 29.9 Å². The minimum Gasteiger partial charge on any atom is -0.394 e. The van der Waals surface area contributed by atoms with Gasteiger partial charge in [0.05, 0.1) is 13.2 Å². The molecular weight excluding hydrogens is 252 g/mol. The van der Waals surface area contributed by atoms with Crippen molar-refractivity contribution in [3.05, 3.63) is 35.9 Å². The zero-order chi connectivity index (χ0) is 13.8. The van der Waals surface area contributed by atoms with Crippen molar-refractivity contribution in [2.45, 2.75) is 37.3 Å². The summed E-state index contributed by atoms with van der Waals surface area (Å²) in [7, 11) is 0. The third kappa shape index (κ3) is 3.30. The van der Waals surface area contributed by atoms with Crippen LogP contribution in [0.5, 0.6) is 0 Å². The molecule has 0 saturated carbocycles. The highest BCUT2D eigenvalue weighted by Crippen LogP contribution is 2.22. The van der Waals surface area contributed by atoms with Crippen molar-refractivity contribution in [2.75, 3.05) is 6.61 Å². The molecule has 1 aromatic carbocycles. The average molecular weight is 270 g/mol. The second kappa shape index (κ2) is 6.42. The van der Waals surface area contributed by atoms with E-state index in [0.29, 0.717) is 0 Å². The minimum absolute atomic E-state index is 0.198. The molecule has 0 spiro atoms. The molecule has 5 atom stereocenters. The highest BCUT2D eigenvalue weighted by Gasteiger charge is 2.43. The number of rotatable bonds is 4. The summed E-state index contributed by atoms with van der Waals surface area (Å²) in [6.45, 7) is -0.264. The fourth-order valence-electron chi connectivity index (χ4n) is 1.96. The number of hydrogen-bond acceptors (Lipinski definition) is 6. The predicted molar refractivity (Wildman–Crippen MR) is 65.0 cm³/mol. The zero-order valence-corrected chi connectivity index (χ0v) is 10.3. The van der Waals surface area contributed by atoms with Gasteiger partial charge in [0.1, 0.15) is 24.4 Å². The van der Waals surface area contributed by atoms with Gasteiger partial charge in [-0.1, -0.05) is 30.3 Å². The van der Waals surface area contributed by atoms with E-state index in [0.717, 1.165) is 5.56 Å². The maximum absolute atomic E-state index is 9.76. The van der Waals surface area contributed by atoms with E-state index in [1.54, 1.807) is 0 Å². The Kier molecular flexibility index (Phi) is 4.87. The maximum atomic E-state index is 9.76. The van der Waals surface area contributed by atoms with Crippen LogP contribution in [0.2, 0.25) is 0 Å². The molecular formula is C13H18O6. The van der Waals surface area contributed by atoms with Crippen molar-refractivity contribution in [1.29, 1.82) is 0 Å². The van der Waals surface area contributed by atoms with Gasteiger partial charge < -0.3 is 29.9 Å². The first-order chi connectivity index (χ1) is 9.13. The Bertz CT molecular complexity index is 382. The van der Waals surface area contributed by atoms with E-state index in [9.17, 15) is 15.3 Å². The van der Waals surface area contributed by atoms with E-state index in [-0.39, 0.29) is 6.61 Å². The molecule has 1 aromatic rings. The molecule has 106 valence electrons. The third-order valence-electron chi connectivity index (χ3n) is 3.11. The molecule has 1 aliphatic rings. The molecule has 0 aromatic heterocycles. The van der Waals surface area contributed by atoms with Crippen LogP contribution in [0.25, 0.3) is 0 Å². The van der Waals surface area contributed by atoms with Crippen molar-refractivity contribution in [3.8, 4) is 0 Å². The van der Waals surface area contributed by atoms with Gasteiger partial charge in [-0.25, -0.2) is 0 Å².